The molecular formula is C34H24ClN3O5. The Bertz CT molecular complexity index is 1850. The van der Waals surface area contributed by atoms with Crippen LogP contribution < -0.4 is 14.8 Å². The molecule has 0 radical (unpaired) electrons. The Morgan fingerprint density at radius 1 is 0.860 bits per heavy atom. The first-order valence-corrected chi connectivity index (χ1v) is 13.6. The molecule has 0 bridgehead atoms. The Labute approximate surface area is 252 Å². The maximum atomic E-state index is 13.1. The zero-order valence-corrected chi connectivity index (χ0v) is 23.5. The van der Waals surface area contributed by atoms with Gasteiger partial charge in [0.15, 0.2) is 0 Å². The Kier molecular flexibility index (Phi) is 8.96. The third-order valence-corrected chi connectivity index (χ3v) is 6.81. The summed E-state index contributed by atoms with van der Waals surface area (Å²) in [6.07, 6.45) is 1.51. The van der Waals surface area contributed by atoms with Crippen LogP contribution in [0.1, 0.15) is 16.7 Å². The van der Waals surface area contributed by atoms with E-state index in [4.69, 9.17) is 21.1 Å². The van der Waals surface area contributed by atoms with Gasteiger partial charge in [-0.1, -0.05) is 54.1 Å². The molecule has 1 N–H and O–H groups in total. The fourth-order valence-electron chi connectivity index (χ4n) is 4.30. The molecular weight excluding hydrogens is 566 g/mol. The van der Waals surface area contributed by atoms with Gasteiger partial charge in [0.2, 0.25) is 0 Å². The monoisotopic (exact) mass is 589 g/mol. The van der Waals surface area contributed by atoms with Gasteiger partial charge in [-0.3, -0.25) is 14.9 Å². The summed E-state index contributed by atoms with van der Waals surface area (Å²) in [5.41, 5.74) is 2.64. The number of nitro benzene ring substituents is 1. The number of halogens is 1. The standard InChI is InChI=1S/C34H24ClN3O5/c35-27-10-5-23(6-11-27)21-42-30-16-12-28(13-17-30)37-34(39)26(20-36)19-32-31-4-2-1-3-25(31)9-18-33(32)43-22-24-7-14-29(15-8-24)38(40)41/h1-19H,21-22H2,(H,37,39)/b26-19+. The molecule has 0 atom stereocenters. The lowest BCUT2D eigenvalue weighted by Crippen LogP contribution is -2.13. The molecule has 5 aromatic carbocycles. The van der Waals surface area contributed by atoms with E-state index in [0.717, 1.165) is 21.9 Å². The molecule has 5 rings (SSSR count). The highest BCUT2D eigenvalue weighted by Crippen LogP contribution is 2.31. The van der Waals surface area contributed by atoms with Crippen LogP contribution in [0.5, 0.6) is 11.5 Å². The number of nitriles is 1. The van der Waals surface area contributed by atoms with Crippen LogP contribution in [0.15, 0.2) is 115 Å². The van der Waals surface area contributed by atoms with E-state index >= 15 is 0 Å². The fraction of sp³-hybridized carbons (Fsp3) is 0.0588. The number of ether oxygens (including phenoxy) is 2. The molecule has 0 aromatic heterocycles. The van der Waals surface area contributed by atoms with E-state index in [2.05, 4.69) is 5.32 Å². The third kappa shape index (κ3) is 7.36. The summed E-state index contributed by atoms with van der Waals surface area (Å²) in [6, 6.07) is 33.5. The van der Waals surface area contributed by atoms with E-state index in [-0.39, 0.29) is 17.9 Å². The first-order chi connectivity index (χ1) is 20.9. The smallest absolute Gasteiger partial charge is 0.269 e. The molecule has 0 fully saturated rings. The zero-order valence-electron chi connectivity index (χ0n) is 22.7. The molecule has 8 nitrogen and oxygen atoms in total. The summed E-state index contributed by atoms with van der Waals surface area (Å²) in [7, 11) is 0. The van der Waals surface area contributed by atoms with Crippen molar-refractivity contribution in [3.05, 3.63) is 147 Å². The number of benzene rings is 5. The number of rotatable bonds is 10. The van der Waals surface area contributed by atoms with Crippen LogP contribution in [0.25, 0.3) is 16.8 Å². The van der Waals surface area contributed by atoms with E-state index < -0.39 is 10.8 Å². The largest absolute Gasteiger partial charge is 0.489 e. The lowest BCUT2D eigenvalue weighted by atomic mass is 10.0. The second-order valence-electron chi connectivity index (χ2n) is 9.47. The number of amides is 1. The highest BCUT2D eigenvalue weighted by atomic mass is 35.5. The van der Waals surface area contributed by atoms with Crippen LogP contribution in [0, 0.1) is 21.4 Å². The quantitative estimate of drug-likeness (QED) is 0.0761. The Hall–Kier alpha value is -5.65. The number of nitrogens with one attached hydrogen (secondary N) is 1. The Balaban J connectivity index is 1.32. The van der Waals surface area contributed by atoms with Crippen molar-refractivity contribution in [1.82, 2.24) is 0 Å². The minimum atomic E-state index is -0.577. The number of fused-ring (bicyclic) bond motifs is 1. The maximum absolute atomic E-state index is 13.1. The molecule has 0 aliphatic heterocycles. The van der Waals surface area contributed by atoms with Crippen LogP contribution >= 0.6 is 11.6 Å². The number of non-ortho nitro benzene ring substituents is 1. The van der Waals surface area contributed by atoms with E-state index in [1.807, 2.05) is 48.5 Å². The predicted octanol–water partition coefficient (Wildman–Crippen LogP) is 8.11. The molecule has 0 spiro atoms. The van der Waals surface area contributed by atoms with E-state index in [1.165, 1.54) is 18.2 Å². The molecule has 1 amide bonds. The molecule has 0 aliphatic rings. The van der Waals surface area contributed by atoms with Crippen molar-refractivity contribution in [1.29, 1.82) is 5.26 Å². The van der Waals surface area contributed by atoms with Crippen molar-refractivity contribution in [2.24, 2.45) is 0 Å². The first kappa shape index (κ1) is 28.9. The second-order valence-corrected chi connectivity index (χ2v) is 9.91. The van der Waals surface area contributed by atoms with E-state index in [9.17, 15) is 20.2 Å². The lowest BCUT2D eigenvalue weighted by Gasteiger charge is -2.13. The average Bonchev–Trinajstić information content (AvgIpc) is 3.03. The average molecular weight is 590 g/mol. The summed E-state index contributed by atoms with van der Waals surface area (Å²) in [5, 5.41) is 26.0. The first-order valence-electron chi connectivity index (χ1n) is 13.2. The van der Waals surface area contributed by atoms with Crippen molar-refractivity contribution in [3.63, 3.8) is 0 Å². The number of nitrogens with zero attached hydrogens (tertiary/aromatic N) is 2. The summed E-state index contributed by atoms with van der Waals surface area (Å²) in [6.45, 7) is 0.502. The van der Waals surface area contributed by atoms with Gasteiger partial charge in [0.25, 0.3) is 11.6 Å². The van der Waals surface area contributed by atoms with Crippen LogP contribution in [-0.2, 0) is 18.0 Å². The minimum Gasteiger partial charge on any atom is -0.489 e. The van der Waals surface area contributed by atoms with Crippen molar-refractivity contribution in [3.8, 4) is 17.6 Å². The lowest BCUT2D eigenvalue weighted by molar-refractivity contribution is -0.384. The SMILES string of the molecule is N#C/C(=C\c1c(OCc2ccc([N+](=O)[O-])cc2)ccc2ccccc12)C(=O)Nc1ccc(OCc2ccc(Cl)cc2)cc1. The van der Waals surface area contributed by atoms with Crippen LogP contribution in [-0.4, -0.2) is 10.8 Å². The highest BCUT2D eigenvalue weighted by Gasteiger charge is 2.15. The number of anilines is 1. The van der Waals surface area contributed by atoms with Gasteiger partial charge in [0, 0.05) is 28.4 Å². The summed E-state index contributed by atoms with van der Waals surface area (Å²) in [5.74, 6) is 0.501. The Morgan fingerprint density at radius 3 is 2.19 bits per heavy atom. The molecule has 5 aromatic rings. The van der Waals surface area contributed by atoms with Crippen LogP contribution in [0.2, 0.25) is 5.02 Å². The van der Waals surface area contributed by atoms with Gasteiger partial charge in [0.1, 0.15) is 36.4 Å². The number of carbonyl (C=O) groups is 1. The predicted molar refractivity (Wildman–Crippen MR) is 166 cm³/mol. The molecule has 0 saturated heterocycles. The molecule has 9 heteroatoms. The number of hydrogen-bond acceptors (Lipinski definition) is 6. The topological polar surface area (TPSA) is 114 Å². The molecule has 0 heterocycles. The van der Waals surface area contributed by atoms with Crippen LogP contribution in [0.4, 0.5) is 11.4 Å². The molecule has 212 valence electrons. The van der Waals surface area contributed by atoms with E-state index in [0.29, 0.717) is 34.4 Å². The van der Waals surface area contributed by atoms with Crippen molar-refractivity contribution in [2.45, 2.75) is 13.2 Å². The van der Waals surface area contributed by atoms with Crippen molar-refractivity contribution in [2.75, 3.05) is 5.32 Å². The molecule has 43 heavy (non-hydrogen) atoms. The van der Waals surface area contributed by atoms with Crippen molar-refractivity contribution >= 4 is 45.7 Å². The summed E-state index contributed by atoms with van der Waals surface area (Å²) in [4.78, 5) is 23.6. The number of hydrogen-bond donors (Lipinski definition) is 1. The van der Waals surface area contributed by atoms with Gasteiger partial charge < -0.3 is 14.8 Å². The molecule has 0 unspecified atom stereocenters. The van der Waals surface area contributed by atoms with E-state index in [1.54, 1.807) is 54.6 Å². The van der Waals surface area contributed by atoms with Gasteiger partial charge in [-0.25, -0.2) is 0 Å². The minimum absolute atomic E-state index is 0.0112. The summed E-state index contributed by atoms with van der Waals surface area (Å²) < 4.78 is 11.9. The van der Waals surface area contributed by atoms with Crippen molar-refractivity contribution < 1.29 is 19.2 Å². The van der Waals surface area contributed by atoms with Gasteiger partial charge in [0.05, 0.1) is 4.92 Å². The molecule has 0 aliphatic carbocycles. The summed E-state index contributed by atoms with van der Waals surface area (Å²) >= 11 is 5.93. The van der Waals surface area contributed by atoms with Gasteiger partial charge in [-0.05, 0) is 82.6 Å². The fourth-order valence-corrected chi connectivity index (χ4v) is 4.42. The maximum Gasteiger partial charge on any atom is 0.269 e. The highest BCUT2D eigenvalue weighted by molar-refractivity contribution is 6.30. The molecule has 0 saturated carbocycles. The van der Waals surface area contributed by atoms with Gasteiger partial charge >= 0.3 is 0 Å². The van der Waals surface area contributed by atoms with Gasteiger partial charge in [-0.15, -0.1) is 0 Å². The number of carbonyl (C=O) groups excluding carboxylic acids is 1. The Morgan fingerprint density at radius 2 is 1.51 bits per heavy atom. The zero-order chi connectivity index (χ0) is 30.2. The van der Waals surface area contributed by atoms with Crippen LogP contribution in [0.3, 0.4) is 0 Å². The second kappa shape index (κ2) is 13.3. The third-order valence-electron chi connectivity index (χ3n) is 6.56. The van der Waals surface area contributed by atoms with Gasteiger partial charge in [-0.2, -0.15) is 5.26 Å². The number of nitro groups is 1. The normalized spacial score (nSPS) is 11.0.